The molecule has 4 heteroatoms. The fraction of sp³-hybridized carbons (Fsp3) is 0.625. The minimum atomic E-state index is 0.626. The van der Waals surface area contributed by atoms with Crippen molar-refractivity contribution in [3.05, 3.63) is 33.3 Å². The highest BCUT2D eigenvalue weighted by molar-refractivity contribution is 9.10. The summed E-state index contributed by atoms with van der Waals surface area (Å²) >= 11 is 9.64. The summed E-state index contributed by atoms with van der Waals surface area (Å²) < 4.78 is 0.962. The van der Waals surface area contributed by atoms with E-state index in [1.807, 2.05) is 6.07 Å². The molecule has 2 nitrogen and oxygen atoms in total. The van der Waals surface area contributed by atoms with Crippen LogP contribution < -0.4 is 5.73 Å². The lowest BCUT2D eigenvalue weighted by molar-refractivity contribution is 0.105. The molecule has 1 fully saturated rings. The van der Waals surface area contributed by atoms with E-state index in [1.165, 1.54) is 31.2 Å². The molecule has 1 aliphatic carbocycles. The van der Waals surface area contributed by atoms with Crippen LogP contribution in [-0.4, -0.2) is 24.0 Å². The molecule has 2 rings (SSSR count). The van der Waals surface area contributed by atoms with Crippen molar-refractivity contribution >= 4 is 27.5 Å². The van der Waals surface area contributed by atoms with Crippen molar-refractivity contribution in [3.63, 3.8) is 0 Å². The van der Waals surface area contributed by atoms with Gasteiger partial charge in [0.1, 0.15) is 0 Å². The Morgan fingerprint density at radius 3 is 2.75 bits per heavy atom. The maximum absolute atomic E-state index is 6.20. The van der Waals surface area contributed by atoms with E-state index in [0.717, 1.165) is 29.1 Å². The summed E-state index contributed by atoms with van der Waals surface area (Å²) in [6.45, 7) is 5.07. The van der Waals surface area contributed by atoms with Crippen molar-refractivity contribution in [3.8, 4) is 0 Å². The fourth-order valence-electron chi connectivity index (χ4n) is 3.28. The Balaban J connectivity index is 2.09. The zero-order chi connectivity index (χ0) is 14.5. The van der Waals surface area contributed by atoms with Gasteiger partial charge in [0.15, 0.2) is 0 Å². The van der Waals surface area contributed by atoms with Gasteiger partial charge in [-0.15, -0.1) is 0 Å². The monoisotopic (exact) mass is 358 g/mol. The van der Waals surface area contributed by atoms with Crippen molar-refractivity contribution in [2.75, 3.05) is 13.1 Å². The second-order valence-electron chi connectivity index (χ2n) is 5.66. The van der Waals surface area contributed by atoms with Crippen LogP contribution >= 0.6 is 27.5 Å². The van der Waals surface area contributed by atoms with Gasteiger partial charge in [-0.3, -0.25) is 4.90 Å². The van der Waals surface area contributed by atoms with Crippen LogP contribution in [0.4, 0.5) is 0 Å². The molecule has 2 atom stereocenters. The van der Waals surface area contributed by atoms with E-state index in [4.69, 9.17) is 17.3 Å². The van der Waals surface area contributed by atoms with Crippen LogP contribution in [0.15, 0.2) is 22.7 Å². The molecule has 0 bridgehead atoms. The smallest absolute Gasteiger partial charge is 0.0551 e. The fourth-order valence-corrected chi connectivity index (χ4v) is 3.73. The SMILES string of the molecule is CCN(Cc1ccc(Br)c(Cl)c1)C1CCCCC1CN. The zero-order valence-electron chi connectivity index (χ0n) is 12.1. The Hall–Kier alpha value is -0.0900. The van der Waals surface area contributed by atoms with Gasteiger partial charge in [-0.05, 0) is 65.5 Å². The minimum absolute atomic E-state index is 0.626. The van der Waals surface area contributed by atoms with Gasteiger partial charge in [0, 0.05) is 17.1 Å². The highest BCUT2D eigenvalue weighted by Crippen LogP contribution is 2.30. The van der Waals surface area contributed by atoms with Crippen LogP contribution in [0.5, 0.6) is 0 Å². The first-order chi connectivity index (χ1) is 9.65. The first-order valence-corrected chi connectivity index (χ1v) is 8.70. The number of nitrogens with two attached hydrogens (primary N) is 1. The molecule has 20 heavy (non-hydrogen) atoms. The van der Waals surface area contributed by atoms with Crippen molar-refractivity contribution in [2.45, 2.75) is 45.2 Å². The van der Waals surface area contributed by atoms with E-state index in [9.17, 15) is 0 Å². The van der Waals surface area contributed by atoms with Crippen molar-refractivity contribution < 1.29 is 0 Å². The average Bonchev–Trinajstić information content (AvgIpc) is 2.48. The number of benzene rings is 1. The number of halogens is 2. The molecule has 2 N–H and O–H groups in total. The van der Waals surface area contributed by atoms with Crippen LogP contribution in [0.1, 0.15) is 38.2 Å². The Kier molecular flexibility index (Phi) is 6.34. The molecule has 0 amide bonds. The number of hydrogen-bond acceptors (Lipinski definition) is 2. The largest absolute Gasteiger partial charge is 0.330 e. The van der Waals surface area contributed by atoms with E-state index < -0.39 is 0 Å². The van der Waals surface area contributed by atoms with Crippen LogP contribution in [0.25, 0.3) is 0 Å². The summed E-state index contributed by atoms with van der Waals surface area (Å²) in [5.41, 5.74) is 7.25. The highest BCUT2D eigenvalue weighted by atomic mass is 79.9. The lowest BCUT2D eigenvalue weighted by Crippen LogP contribution is -2.44. The predicted octanol–water partition coefficient (Wildman–Crippen LogP) is 4.44. The second kappa shape index (κ2) is 7.79. The van der Waals surface area contributed by atoms with Gasteiger partial charge in [-0.25, -0.2) is 0 Å². The molecule has 1 aromatic carbocycles. The van der Waals surface area contributed by atoms with Crippen LogP contribution in [0.2, 0.25) is 5.02 Å². The molecule has 0 saturated heterocycles. The first kappa shape index (κ1) is 16.3. The summed E-state index contributed by atoms with van der Waals surface area (Å²) in [6.07, 6.45) is 5.22. The maximum atomic E-state index is 6.20. The molecular weight excluding hydrogens is 336 g/mol. The predicted molar refractivity (Wildman–Crippen MR) is 90.0 cm³/mol. The number of nitrogens with zero attached hydrogens (tertiary/aromatic N) is 1. The minimum Gasteiger partial charge on any atom is -0.330 e. The van der Waals surface area contributed by atoms with Crippen LogP contribution in [0, 0.1) is 5.92 Å². The summed E-state index contributed by atoms with van der Waals surface area (Å²) in [4.78, 5) is 2.57. The maximum Gasteiger partial charge on any atom is 0.0551 e. The molecule has 0 aromatic heterocycles. The van der Waals surface area contributed by atoms with Gasteiger partial charge >= 0.3 is 0 Å². The summed E-state index contributed by atoms with van der Waals surface area (Å²) in [7, 11) is 0. The summed E-state index contributed by atoms with van der Waals surface area (Å²) in [5.74, 6) is 0.648. The Bertz CT molecular complexity index is 438. The molecule has 0 aliphatic heterocycles. The molecule has 1 aliphatic rings. The molecule has 112 valence electrons. The Labute approximate surface area is 135 Å². The van der Waals surface area contributed by atoms with E-state index in [1.54, 1.807) is 0 Å². The van der Waals surface area contributed by atoms with E-state index >= 15 is 0 Å². The van der Waals surface area contributed by atoms with Gasteiger partial charge < -0.3 is 5.73 Å². The first-order valence-electron chi connectivity index (χ1n) is 7.53. The van der Waals surface area contributed by atoms with Crippen molar-refractivity contribution in [1.29, 1.82) is 0 Å². The topological polar surface area (TPSA) is 29.3 Å². The van der Waals surface area contributed by atoms with E-state index in [-0.39, 0.29) is 0 Å². The van der Waals surface area contributed by atoms with Crippen LogP contribution in [0.3, 0.4) is 0 Å². The molecule has 0 radical (unpaired) electrons. The molecule has 2 unspecified atom stereocenters. The zero-order valence-corrected chi connectivity index (χ0v) is 14.5. The number of rotatable bonds is 5. The third kappa shape index (κ3) is 3.97. The molecule has 0 heterocycles. The molecule has 0 spiro atoms. The standard InChI is InChI=1S/C16H24BrClN2/c1-2-20(16-6-4-3-5-13(16)10-19)11-12-7-8-14(17)15(18)9-12/h7-9,13,16H,2-6,10-11,19H2,1H3. The third-order valence-corrected chi connectivity index (χ3v) is 5.65. The second-order valence-corrected chi connectivity index (χ2v) is 6.92. The van der Waals surface area contributed by atoms with Gasteiger partial charge in [0.05, 0.1) is 5.02 Å². The van der Waals surface area contributed by atoms with Gasteiger partial charge in [0.2, 0.25) is 0 Å². The van der Waals surface area contributed by atoms with Gasteiger partial charge in [-0.2, -0.15) is 0 Å². The van der Waals surface area contributed by atoms with Gasteiger partial charge in [0.25, 0.3) is 0 Å². The van der Waals surface area contributed by atoms with E-state index in [0.29, 0.717) is 12.0 Å². The average molecular weight is 360 g/mol. The highest BCUT2D eigenvalue weighted by Gasteiger charge is 2.28. The lowest BCUT2D eigenvalue weighted by Gasteiger charge is -2.39. The molecular formula is C16H24BrClN2. The summed E-state index contributed by atoms with van der Waals surface area (Å²) in [5, 5.41) is 0.789. The normalized spacial score (nSPS) is 23.2. The van der Waals surface area contributed by atoms with E-state index in [2.05, 4.69) is 39.9 Å². The third-order valence-electron chi connectivity index (χ3n) is 4.42. The quantitative estimate of drug-likeness (QED) is 0.842. The summed E-state index contributed by atoms with van der Waals surface area (Å²) in [6, 6.07) is 6.88. The van der Waals surface area contributed by atoms with Crippen molar-refractivity contribution in [2.24, 2.45) is 11.7 Å². The van der Waals surface area contributed by atoms with Crippen LogP contribution in [-0.2, 0) is 6.54 Å². The van der Waals surface area contributed by atoms with Crippen molar-refractivity contribution in [1.82, 2.24) is 4.90 Å². The Morgan fingerprint density at radius 2 is 2.10 bits per heavy atom. The molecule has 1 saturated carbocycles. The lowest BCUT2D eigenvalue weighted by atomic mass is 9.83. The number of hydrogen-bond donors (Lipinski definition) is 1. The van der Waals surface area contributed by atoms with Gasteiger partial charge in [-0.1, -0.05) is 37.4 Å². The Morgan fingerprint density at radius 1 is 1.35 bits per heavy atom. The molecule has 1 aromatic rings.